The molecule has 0 saturated carbocycles. The number of nitrogens with zero attached hydrogens (tertiary/aromatic N) is 1. The Bertz CT molecular complexity index is 1060. The Morgan fingerprint density at radius 2 is 1.97 bits per heavy atom. The molecule has 0 radical (unpaired) electrons. The molecule has 0 aliphatic carbocycles. The molecule has 9 heteroatoms. The summed E-state index contributed by atoms with van der Waals surface area (Å²) in [6, 6.07) is 9.72. The molecule has 0 unspecified atom stereocenters. The van der Waals surface area contributed by atoms with Gasteiger partial charge in [0, 0.05) is 23.6 Å². The SMILES string of the molecule is O=C(/C=C/c1ccc(Cl)c(C(F)(F)F)c1)Nc1ncc(Cc2ccccc2F)s1. The quantitative estimate of drug-likeness (QED) is 0.379. The summed E-state index contributed by atoms with van der Waals surface area (Å²) in [5, 5.41) is 2.42. The molecule has 1 heterocycles. The van der Waals surface area contributed by atoms with Crippen molar-refractivity contribution in [2.24, 2.45) is 0 Å². The first-order valence-corrected chi connectivity index (χ1v) is 9.46. The van der Waals surface area contributed by atoms with Crippen LogP contribution in [-0.2, 0) is 17.4 Å². The van der Waals surface area contributed by atoms with Crippen LogP contribution in [0.15, 0.2) is 54.7 Å². The highest BCUT2D eigenvalue weighted by atomic mass is 35.5. The van der Waals surface area contributed by atoms with Gasteiger partial charge in [-0.2, -0.15) is 13.2 Å². The zero-order chi connectivity index (χ0) is 21.0. The lowest BCUT2D eigenvalue weighted by atomic mass is 10.1. The molecule has 1 N–H and O–H groups in total. The highest BCUT2D eigenvalue weighted by Gasteiger charge is 2.33. The van der Waals surface area contributed by atoms with E-state index in [4.69, 9.17) is 11.6 Å². The van der Waals surface area contributed by atoms with Gasteiger partial charge in [0.25, 0.3) is 0 Å². The summed E-state index contributed by atoms with van der Waals surface area (Å²) in [6.45, 7) is 0. The molecule has 0 fully saturated rings. The minimum atomic E-state index is -4.58. The van der Waals surface area contributed by atoms with Crippen LogP contribution in [-0.4, -0.2) is 10.9 Å². The average Bonchev–Trinajstić information content (AvgIpc) is 3.09. The molecule has 0 atom stereocenters. The third-order valence-electron chi connectivity index (χ3n) is 3.83. The average molecular weight is 441 g/mol. The van der Waals surface area contributed by atoms with Gasteiger partial charge in [0.15, 0.2) is 5.13 Å². The van der Waals surface area contributed by atoms with Crippen molar-refractivity contribution >= 4 is 40.1 Å². The summed E-state index contributed by atoms with van der Waals surface area (Å²) in [6.07, 6.45) is -0.374. The molecule has 0 spiro atoms. The lowest BCUT2D eigenvalue weighted by Gasteiger charge is -2.09. The maximum Gasteiger partial charge on any atom is 0.417 e. The first-order valence-electron chi connectivity index (χ1n) is 8.26. The van der Waals surface area contributed by atoms with Gasteiger partial charge in [-0.05, 0) is 35.4 Å². The number of rotatable bonds is 5. The number of carbonyl (C=O) groups excluding carboxylic acids is 1. The number of benzene rings is 2. The van der Waals surface area contributed by atoms with Gasteiger partial charge in [0.2, 0.25) is 5.91 Å². The van der Waals surface area contributed by atoms with E-state index in [1.54, 1.807) is 18.2 Å². The van der Waals surface area contributed by atoms with Crippen molar-refractivity contribution in [3.8, 4) is 0 Å². The van der Waals surface area contributed by atoms with Crippen molar-refractivity contribution in [3.63, 3.8) is 0 Å². The molecular weight excluding hydrogens is 428 g/mol. The zero-order valence-corrected chi connectivity index (χ0v) is 16.2. The highest BCUT2D eigenvalue weighted by Crippen LogP contribution is 2.35. The number of amides is 1. The normalized spacial score (nSPS) is 11.8. The lowest BCUT2D eigenvalue weighted by Crippen LogP contribution is -2.07. The van der Waals surface area contributed by atoms with E-state index in [0.29, 0.717) is 17.1 Å². The third kappa shape index (κ3) is 5.65. The molecule has 0 aliphatic heterocycles. The molecule has 1 aromatic heterocycles. The van der Waals surface area contributed by atoms with E-state index >= 15 is 0 Å². The molecule has 3 rings (SSSR count). The summed E-state index contributed by atoms with van der Waals surface area (Å²) in [4.78, 5) is 16.8. The Balaban J connectivity index is 1.64. The van der Waals surface area contributed by atoms with Crippen molar-refractivity contribution in [1.82, 2.24) is 4.98 Å². The minimum Gasteiger partial charge on any atom is -0.298 e. The smallest absolute Gasteiger partial charge is 0.298 e. The van der Waals surface area contributed by atoms with Crippen LogP contribution in [0.2, 0.25) is 5.02 Å². The van der Waals surface area contributed by atoms with Crippen molar-refractivity contribution < 1.29 is 22.4 Å². The van der Waals surface area contributed by atoms with Crippen molar-refractivity contribution in [1.29, 1.82) is 0 Å². The van der Waals surface area contributed by atoms with Crippen LogP contribution < -0.4 is 5.32 Å². The molecule has 2 aromatic carbocycles. The van der Waals surface area contributed by atoms with Crippen LogP contribution in [0.4, 0.5) is 22.7 Å². The van der Waals surface area contributed by atoms with E-state index in [1.165, 1.54) is 35.7 Å². The second-order valence-corrected chi connectivity index (χ2v) is 7.48. The first-order chi connectivity index (χ1) is 13.7. The summed E-state index contributed by atoms with van der Waals surface area (Å²) in [5.41, 5.74) is -0.284. The van der Waals surface area contributed by atoms with E-state index in [-0.39, 0.29) is 11.4 Å². The molecule has 3 aromatic rings. The van der Waals surface area contributed by atoms with E-state index in [0.717, 1.165) is 23.1 Å². The Labute approximate surface area is 172 Å². The summed E-state index contributed by atoms with van der Waals surface area (Å²) in [5.74, 6) is -0.879. The van der Waals surface area contributed by atoms with Gasteiger partial charge in [-0.15, -0.1) is 11.3 Å². The van der Waals surface area contributed by atoms with Gasteiger partial charge in [-0.25, -0.2) is 9.37 Å². The molecule has 0 bridgehead atoms. The molecule has 3 nitrogen and oxygen atoms in total. The van der Waals surface area contributed by atoms with Crippen molar-refractivity contribution in [2.45, 2.75) is 12.6 Å². The van der Waals surface area contributed by atoms with Crippen molar-refractivity contribution in [3.05, 3.63) is 87.1 Å². The van der Waals surface area contributed by atoms with Crippen LogP contribution in [0.1, 0.15) is 21.6 Å². The first kappa shape index (κ1) is 21.0. The van der Waals surface area contributed by atoms with E-state index in [2.05, 4.69) is 10.3 Å². The van der Waals surface area contributed by atoms with E-state index < -0.39 is 22.7 Å². The predicted octanol–water partition coefficient (Wildman–Crippen LogP) is 6.20. The summed E-state index contributed by atoms with van der Waals surface area (Å²) < 4.78 is 52.3. The minimum absolute atomic E-state index is 0.177. The number of carbonyl (C=O) groups is 1. The second kappa shape index (κ2) is 8.75. The van der Waals surface area contributed by atoms with Crippen molar-refractivity contribution in [2.75, 3.05) is 5.32 Å². The fourth-order valence-electron chi connectivity index (χ4n) is 2.46. The fraction of sp³-hybridized carbons (Fsp3) is 0.100. The number of anilines is 1. The zero-order valence-electron chi connectivity index (χ0n) is 14.6. The number of hydrogen-bond donors (Lipinski definition) is 1. The standard InChI is InChI=1S/C20H13ClF4N2OS/c21-16-7-5-12(9-15(16)20(23,24)25)6-8-18(28)27-19-26-11-14(29-19)10-13-3-1-2-4-17(13)22/h1-9,11H,10H2,(H,26,27,28)/b8-6+. The van der Waals surface area contributed by atoms with Crippen LogP contribution in [0.5, 0.6) is 0 Å². The third-order valence-corrected chi connectivity index (χ3v) is 5.07. The van der Waals surface area contributed by atoms with Gasteiger partial charge in [0.05, 0.1) is 10.6 Å². The summed E-state index contributed by atoms with van der Waals surface area (Å²) >= 11 is 6.75. The van der Waals surface area contributed by atoms with Crippen LogP contribution >= 0.6 is 22.9 Å². The number of nitrogens with one attached hydrogen (secondary N) is 1. The number of aromatic nitrogens is 1. The van der Waals surface area contributed by atoms with Gasteiger partial charge in [-0.1, -0.05) is 35.9 Å². The molecule has 0 aliphatic rings. The summed E-state index contributed by atoms with van der Waals surface area (Å²) in [7, 11) is 0. The monoisotopic (exact) mass is 440 g/mol. The topological polar surface area (TPSA) is 42.0 Å². The predicted molar refractivity (Wildman–Crippen MR) is 105 cm³/mol. The Hall–Kier alpha value is -2.71. The molecule has 1 amide bonds. The van der Waals surface area contributed by atoms with Crippen LogP contribution in [0.3, 0.4) is 0 Å². The Morgan fingerprint density at radius 1 is 1.21 bits per heavy atom. The number of halogens is 5. The fourth-order valence-corrected chi connectivity index (χ4v) is 3.52. The van der Waals surface area contributed by atoms with Gasteiger partial charge >= 0.3 is 6.18 Å². The number of alkyl halides is 3. The largest absolute Gasteiger partial charge is 0.417 e. The van der Waals surface area contributed by atoms with Crippen LogP contribution in [0.25, 0.3) is 6.08 Å². The molecule has 29 heavy (non-hydrogen) atoms. The molecule has 0 saturated heterocycles. The molecular formula is C20H13ClF4N2OS. The highest BCUT2D eigenvalue weighted by molar-refractivity contribution is 7.15. The second-order valence-electron chi connectivity index (χ2n) is 5.96. The maximum absolute atomic E-state index is 13.7. The number of thiazole rings is 1. The van der Waals surface area contributed by atoms with Crippen LogP contribution in [0, 0.1) is 5.82 Å². The molecule has 150 valence electrons. The van der Waals surface area contributed by atoms with E-state index in [1.807, 2.05) is 0 Å². The van der Waals surface area contributed by atoms with E-state index in [9.17, 15) is 22.4 Å². The maximum atomic E-state index is 13.7. The van der Waals surface area contributed by atoms with Gasteiger partial charge in [-0.3, -0.25) is 10.1 Å². The Kier molecular flexibility index (Phi) is 6.34. The van der Waals surface area contributed by atoms with Gasteiger partial charge < -0.3 is 0 Å². The Morgan fingerprint density at radius 3 is 2.69 bits per heavy atom. The lowest BCUT2D eigenvalue weighted by molar-refractivity contribution is -0.137. The van der Waals surface area contributed by atoms with Gasteiger partial charge in [0.1, 0.15) is 5.82 Å². The number of hydrogen-bond acceptors (Lipinski definition) is 3.